The van der Waals surface area contributed by atoms with Crippen molar-refractivity contribution in [3.05, 3.63) is 74.3 Å². The minimum Gasteiger partial charge on any atom is -0.253 e. The summed E-state index contributed by atoms with van der Waals surface area (Å²) in [5, 5.41) is 14.5. The number of rotatable bonds is 5. The molecule has 2 aromatic carbocycles. The Balaban J connectivity index is 0.000000320. The van der Waals surface area contributed by atoms with Gasteiger partial charge < -0.3 is 0 Å². The van der Waals surface area contributed by atoms with Crippen LogP contribution in [0.3, 0.4) is 0 Å². The number of hydrogen-bond acceptors (Lipinski definition) is 8. The molecular weight excluding hydrogens is 602 g/mol. The first-order valence-corrected chi connectivity index (χ1v) is 15.0. The summed E-state index contributed by atoms with van der Waals surface area (Å²) in [5.41, 5.74) is 0.426. The van der Waals surface area contributed by atoms with Crippen molar-refractivity contribution in [2.24, 2.45) is 5.14 Å². The summed E-state index contributed by atoms with van der Waals surface area (Å²) in [5.74, 6) is -0.584. The second-order valence-electron chi connectivity index (χ2n) is 6.63. The van der Waals surface area contributed by atoms with Crippen molar-refractivity contribution in [1.82, 2.24) is 10.2 Å². The molecular formula is C19H14Cl3FN4O4S4. The van der Waals surface area contributed by atoms with Gasteiger partial charge >= 0.3 is 0 Å². The molecule has 0 saturated heterocycles. The zero-order valence-electron chi connectivity index (χ0n) is 17.4. The minimum atomic E-state index is -4.04. The number of thiophene rings is 1. The predicted molar refractivity (Wildman–Crippen MR) is 138 cm³/mol. The lowest BCUT2D eigenvalue weighted by Crippen LogP contribution is -2.14. The molecule has 0 unspecified atom stereocenters. The van der Waals surface area contributed by atoms with Gasteiger partial charge in [-0.3, -0.25) is 4.72 Å². The fourth-order valence-electron chi connectivity index (χ4n) is 2.69. The van der Waals surface area contributed by atoms with Crippen LogP contribution >= 0.6 is 57.5 Å². The normalized spacial score (nSPS) is 11.6. The summed E-state index contributed by atoms with van der Waals surface area (Å²) >= 11 is 19.8. The molecule has 186 valence electrons. The first-order valence-electron chi connectivity index (χ1n) is 9.12. The van der Waals surface area contributed by atoms with Crippen molar-refractivity contribution in [3.8, 4) is 10.6 Å². The Hall–Kier alpha value is -1.84. The summed E-state index contributed by atoms with van der Waals surface area (Å²) in [7, 11) is -7.48. The first-order chi connectivity index (χ1) is 16.3. The van der Waals surface area contributed by atoms with E-state index < -0.39 is 25.9 Å². The van der Waals surface area contributed by atoms with Crippen LogP contribution in [-0.2, 0) is 20.0 Å². The van der Waals surface area contributed by atoms with Crippen LogP contribution in [-0.4, -0.2) is 27.0 Å². The third-order valence-corrected chi connectivity index (χ3v) is 9.88. The van der Waals surface area contributed by atoms with Gasteiger partial charge in [-0.05, 0) is 48.2 Å². The molecule has 0 spiro atoms. The standard InChI is InChI=1S/C15H9Cl3FN3O2S2.C4H5NO2S2/c1-7-5-8(16)6-10(18)13(7)26(23,24)22-15-21-20-14(25-15)12-9(17)3-2-4-11(12)19;5-9(6,7)4-2-1-3-8-4/h2-6H,1H3,(H,21,22);1-3H,(H2,5,6,7). The van der Waals surface area contributed by atoms with Crippen LogP contribution in [0, 0.1) is 12.7 Å². The molecule has 4 aromatic rings. The van der Waals surface area contributed by atoms with Gasteiger partial charge in [0.15, 0.2) is 5.01 Å². The molecule has 2 heterocycles. The molecule has 0 radical (unpaired) electrons. The van der Waals surface area contributed by atoms with E-state index in [2.05, 4.69) is 14.9 Å². The van der Waals surface area contributed by atoms with Gasteiger partial charge in [0, 0.05) is 5.02 Å². The number of anilines is 1. The van der Waals surface area contributed by atoms with Gasteiger partial charge in [0.1, 0.15) is 14.9 Å². The second-order valence-corrected chi connectivity index (χ2v) is 13.2. The van der Waals surface area contributed by atoms with Crippen molar-refractivity contribution >= 4 is 82.7 Å². The van der Waals surface area contributed by atoms with E-state index in [0.29, 0.717) is 10.6 Å². The molecule has 0 atom stereocenters. The van der Waals surface area contributed by atoms with Gasteiger partial charge in [-0.1, -0.05) is 58.3 Å². The lowest BCUT2D eigenvalue weighted by atomic mass is 10.2. The van der Waals surface area contributed by atoms with Crippen molar-refractivity contribution in [2.45, 2.75) is 16.0 Å². The maximum atomic E-state index is 14.0. The van der Waals surface area contributed by atoms with Crippen molar-refractivity contribution in [2.75, 3.05) is 4.72 Å². The molecule has 0 fully saturated rings. The summed E-state index contributed by atoms with van der Waals surface area (Å²) in [6.45, 7) is 1.57. The summed E-state index contributed by atoms with van der Waals surface area (Å²) < 4.78 is 62.7. The van der Waals surface area contributed by atoms with Crippen LogP contribution in [0.2, 0.25) is 15.1 Å². The average molecular weight is 616 g/mol. The molecule has 0 aliphatic rings. The number of halogens is 4. The molecule has 0 amide bonds. The Morgan fingerprint density at radius 3 is 2.26 bits per heavy atom. The highest BCUT2D eigenvalue weighted by Gasteiger charge is 2.24. The average Bonchev–Trinajstić information content (AvgIpc) is 3.39. The molecule has 3 N–H and O–H groups in total. The molecule has 16 heteroatoms. The monoisotopic (exact) mass is 614 g/mol. The number of sulfonamides is 2. The molecule has 0 aliphatic heterocycles. The smallest absolute Gasteiger partial charge is 0.253 e. The van der Waals surface area contributed by atoms with Gasteiger partial charge in [0.05, 0.1) is 15.6 Å². The predicted octanol–water partition coefficient (Wildman–Crippen LogP) is 5.81. The van der Waals surface area contributed by atoms with E-state index >= 15 is 0 Å². The first kappa shape index (κ1) is 27.7. The van der Waals surface area contributed by atoms with E-state index in [1.807, 2.05) is 0 Å². The van der Waals surface area contributed by atoms with E-state index in [1.165, 1.54) is 36.4 Å². The zero-order chi connectivity index (χ0) is 26.0. The topological polar surface area (TPSA) is 132 Å². The third-order valence-electron chi connectivity index (χ3n) is 4.06. The van der Waals surface area contributed by atoms with Crippen LogP contribution in [0.5, 0.6) is 0 Å². The molecule has 4 rings (SSSR count). The lowest BCUT2D eigenvalue weighted by Gasteiger charge is -2.10. The van der Waals surface area contributed by atoms with Crippen LogP contribution < -0.4 is 9.86 Å². The highest BCUT2D eigenvalue weighted by molar-refractivity contribution is 7.93. The van der Waals surface area contributed by atoms with Gasteiger partial charge in [-0.25, -0.2) is 26.4 Å². The quantitative estimate of drug-likeness (QED) is 0.291. The largest absolute Gasteiger partial charge is 0.265 e. The fraction of sp³-hybridized carbons (Fsp3) is 0.0526. The van der Waals surface area contributed by atoms with Crippen molar-refractivity contribution in [1.29, 1.82) is 0 Å². The Morgan fingerprint density at radius 1 is 1.00 bits per heavy atom. The van der Waals surface area contributed by atoms with Crippen molar-refractivity contribution in [3.63, 3.8) is 0 Å². The lowest BCUT2D eigenvalue weighted by molar-refractivity contribution is 0.598. The molecule has 8 nitrogen and oxygen atoms in total. The Bertz CT molecular complexity index is 1530. The van der Waals surface area contributed by atoms with Gasteiger partial charge in [0.25, 0.3) is 10.0 Å². The Morgan fingerprint density at radius 2 is 1.71 bits per heavy atom. The zero-order valence-corrected chi connectivity index (χ0v) is 22.9. The number of nitrogens with one attached hydrogen (secondary N) is 1. The van der Waals surface area contributed by atoms with E-state index in [-0.39, 0.29) is 34.9 Å². The molecule has 0 aliphatic carbocycles. The van der Waals surface area contributed by atoms with Gasteiger partial charge in [-0.15, -0.1) is 21.5 Å². The van der Waals surface area contributed by atoms with E-state index in [9.17, 15) is 21.2 Å². The maximum absolute atomic E-state index is 14.0. The fourth-order valence-corrected chi connectivity index (χ4v) is 7.64. The number of hydrogen-bond donors (Lipinski definition) is 2. The van der Waals surface area contributed by atoms with Crippen LogP contribution in [0.4, 0.5) is 9.52 Å². The van der Waals surface area contributed by atoms with Crippen LogP contribution in [0.15, 0.2) is 56.9 Å². The van der Waals surface area contributed by atoms with Gasteiger partial charge in [-0.2, -0.15) is 0 Å². The Labute approximate surface area is 223 Å². The van der Waals surface area contributed by atoms with Gasteiger partial charge in [0.2, 0.25) is 15.2 Å². The van der Waals surface area contributed by atoms with Crippen LogP contribution in [0.1, 0.15) is 5.56 Å². The number of aryl methyl sites for hydroxylation is 1. The summed E-state index contributed by atoms with van der Waals surface area (Å²) in [6, 6.07) is 10.1. The van der Waals surface area contributed by atoms with E-state index in [1.54, 1.807) is 18.4 Å². The summed E-state index contributed by atoms with van der Waals surface area (Å²) in [6.07, 6.45) is 0. The highest BCUT2D eigenvalue weighted by atomic mass is 35.5. The molecule has 0 bridgehead atoms. The SMILES string of the molecule is Cc1cc(Cl)cc(Cl)c1S(=O)(=O)Nc1nnc(-c2c(F)cccc2Cl)s1.NS(=O)(=O)c1cccs1. The number of nitrogens with two attached hydrogens (primary N) is 1. The molecule has 35 heavy (non-hydrogen) atoms. The highest BCUT2D eigenvalue weighted by Crippen LogP contribution is 2.35. The molecule has 0 saturated carbocycles. The van der Waals surface area contributed by atoms with E-state index in [4.69, 9.17) is 39.9 Å². The summed E-state index contributed by atoms with van der Waals surface area (Å²) in [4.78, 5) is -0.121. The minimum absolute atomic E-state index is 0.0237. The van der Waals surface area contributed by atoms with E-state index in [0.717, 1.165) is 22.7 Å². The Kier molecular flexibility index (Phi) is 8.76. The van der Waals surface area contributed by atoms with Crippen molar-refractivity contribution < 1.29 is 21.2 Å². The second kappa shape index (κ2) is 11.0. The van der Waals surface area contributed by atoms with Crippen LogP contribution in [0.25, 0.3) is 10.6 Å². The molecule has 2 aromatic heterocycles. The number of nitrogens with zero attached hydrogens (tertiary/aromatic N) is 2. The maximum Gasteiger partial charge on any atom is 0.265 e. The third kappa shape index (κ3) is 6.89. The number of aromatic nitrogens is 2. The number of primary sulfonamides is 1. The number of benzene rings is 2.